The third kappa shape index (κ3) is 5.02. The molecule has 1 N–H and O–H groups in total. The van der Waals surface area contributed by atoms with Crippen LogP contribution in [0.15, 0.2) is 65.6 Å². The lowest BCUT2D eigenvalue weighted by Crippen LogP contribution is -2.52. The van der Waals surface area contributed by atoms with Gasteiger partial charge in [0.1, 0.15) is 21.5 Å². The average Bonchev–Trinajstić information content (AvgIpc) is 3.73. The Labute approximate surface area is 242 Å². The Balaban J connectivity index is 1.42. The molecule has 1 unspecified atom stereocenters. The van der Waals surface area contributed by atoms with Crippen LogP contribution in [-0.2, 0) is 31.8 Å². The van der Waals surface area contributed by atoms with Crippen molar-refractivity contribution in [2.45, 2.75) is 48.6 Å². The van der Waals surface area contributed by atoms with Crippen molar-refractivity contribution in [1.29, 1.82) is 0 Å². The summed E-state index contributed by atoms with van der Waals surface area (Å²) in [5.74, 6) is -1.63. The van der Waals surface area contributed by atoms with E-state index in [2.05, 4.69) is 5.32 Å². The molecule has 1 amide bonds. The van der Waals surface area contributed by atoms with E-state index in [1.54, 1.807) is 12.1 Å². The number of nitrogens with zero attached hydrogens (tertiary/aromatic N) is 1. The minimum Gasteiger partial charge on any atom is -0.348 e. The third-order valence-corrected chi connectivity index (χ3v) is 12.3. The number of carbonyl (C=O) groups excluding carboxylic acids is 1. The zero-order valence-electron chi connectivity index (χ0n) is 21.8. The van der Waals surface area contributed by atoms with E-state index < -0.39 is 48.9 Å². The van der Waals surface area contributed by atoms with Gasteiger partial charge in [-0.15, -0.1) is 0 Å². The fraction of sp³-hybridized carbons (Fsp3) is 0.345. The number of halogens is 3. The molecule has 6 rings (SSSR count). The van der Waals surface area contributed by atoms with Gasteiger partial charge in [-0.1, -0.05) is 17.7 Å². The van der Waals surface area contributed by atoms with Crippen LogP contribution >= 0.6 is 11.6 Å². The monoisotopic (exact) mass is 620 g/mol. The van der Waals surface area contributed by atoms with Gasteiger partial charge in [0.2, 0.25) is 0 Å². The second kappa shape index (κ2) is 10.1. The molecule has 3 aromatic rings. The molecule has 1 spiro atoms. The Morgan fingerprint density at radius 2 is 1.63 bits per heavy atom. The van der Waals surface area contributed by atoms with Crippen LogP contribution in [-0.4, -0.2) is 40.3 Å². The zero-order valence-corrected chi connectivity index (χ0v) is 24.2. The van der Waals surface area contributed by atoms with Gasteiger partial charge in [-0.3, -0.25) is 9.10 Å². The number of amides is 1. The van der Waals surface area contributed by atoms with Crippen LogP contribution < -0.4 is 9.62 Å². The molecule has 0 aromatic heterocycles. The van der Waals surface area contributed by atoms with Gasteiger partial charge in [0.05, 0.1) is 28.1 Å². The molecule has 41 heavy (non-hydrogen) atoms. The van der Waals surface area contributed by atoms with Gasteiger partial charge in [0.15, 0.2) is 0 Å². The fourth-order valence-corrected chi connectivity index (χ4v) is 9.85. The molecule has 0 bridgehead atoms. The van der Waals surface area contributed by atoms with Crippen LogP contribution in [0.25, 0.3) is 0 Å². The van der Waals surface area contributed by atoms with Crippen molar-refractivity contribution in [3.63, 3.8) is 0 Å². The molecule has 3 aliphatic rings. The summed E-state index contributed by atoms with van der Waals surface area (Å²) in [6.07, 6.45) is 2.06. The Bertz CT molecular complexity index is 1750. The van der Waals surface area contributed by atoms with Gasteiger partial charge in [-0.2, -0.15) is 0 Å². The quantitative estimate of drug-likeness (QED) is 0.419. The predicted octanol–water partition coefficient (Wildman–Crippen LogP) is 4.98. The van der Waals surface area contributed by atoms with Crippen LogP contribution in [0, 0.1) is 17.6 Å². The molecule has 1 atom stereocenters. The second-order valence-corrected chi connectivity index (χ2v) is 15.5. The van der Waals surface area contributed by atoms with E-state index in [9.17, 15) is 30.4 Å². The molecule has 216 valence electrons. The molecule has 1 saturated carbocycles. The van der Waals surface area contributed by atoms with Gasteiger partial charge in [-0.05, 0) is 97.3 Å². The first kappa shape index (κ1) is 28.1. The third-order valence-electron chi connectivity index (χ3n) is 8.46. The normalized spacial score (nSPS) is 21.0. The first-order valence-electron chi connectivity index (χ1n) is 13.3. The minimum atomic E-state index is -4.14. The molecule has 7 nitrogen and oxygen atoms in total. The van der Waals surface area contributed by atoms with Crippen molar-refractivity contribution in [1.82, 2.24) is 5.32 Å². The van der Waals surface area contributed by atoms with Crippen molar-refractivity contribution in [3.8, 4) is 0 Å². The van der Waals surface area contributed by atoms with E-state index in [4.69, 9.17) is 11.6 Å². The summed E-state index contributed by atoms with van der Waals surface area (Å²) in [7, 11) is -7.43. The maximum atomic E-state index is 14.1. The summed E-state index contributed by atoms with van der Waals surface area (Å²) >= 11 is 6.10. The van der Waals surface area contributed by atoms with Crippen LogP contribution in [0.4, 0.5) is 14.5 Å². The average molecular weight is 621 g/mol. The summed E-state index contributed by atoms with van der Waals surface area (Å²) in [6.45, 7) is 0.0498. The van der Waals surface area contributed by atoms with Crippen molar-refractivity contribution in [2.24, 2.45) is 5.92 Å². The summed E-state index contributed by atoms with van der Waals surface area (Å²) in [5, 5.41) is 2.96. The molecule has 12 heteroatoms. The number of sulfonamides is 1. The topological polar surface area (TPSA) is 101 Å². The Hall–Kier alpha value is -3.02. The van der Waals surface area contributed by atoms with Gasteiger partial charge in [0.25, 0.3) is 15.9 Å². The molecule has 0 radical (unpaired) electrons. The molecule has 2 aliphatic heterocycles. The number of fused-ring (bicyclic) bond motifs is 2. The van der Waals surface area contributed by atoms with E-state index in [0.717, 1.165) is 31.0 Å². The second-order valence-electron chi connectivity index (χ2n) is 11.0. The first-order valence-corrected chi connectivity index (χ1v) is 16.9. The van der Waals surface area contributed by atoms with Crippen LogP contribution in [0.3, 0.4) is 0 Å². The molecular formula is C29H27ClF2N2O5S2. The molecule has 2 fully saturated rings. The number of anilines is 1. The highest BCUT2D eigenvalue weighted by atomic mass is 35.5. The van der Waals surface area contributed by atoms with Crippen molar-refractivity contribution >= 4 is 43.1 Å². The predicted molar refractivity (Wildman–Crippen MR) is 151 cm³/mol. The molecule has 1 aliphatic carbocycles. The van der Waals surface area contributed by atoms with E-state index in [0.29, 0.717) is 16.8 Å². The van der Waals surface area contributed by atoms with Gasteiger partial charge in [0, 0.05) is 22.5 Å². The standard InChI is InChI=1S/C29H27ClF2N2O5S2/c30-25-16-22(32)5-3-20(25)17-33-28(35)19-4-10-26-24(15-19)29(11-13-40(36,37)14-12-29)27(18-1-2-18)34(26)41(38,39)23-8-6-21(31)7-9-23/h3-10,15-16,18,27H,1-2,11-14,17H2,(H,33,35). The number of carbonyl (C=O) groups is 1. The molecular weight excluding hydrogens is 594 g/mol. The molecule has 2 heterocycles. The zero-order chi connectivity index (χ0) is 29.2. The maximum Gasteiger partial charge on any atom is 0.264 e. The Morgan fingerprint density at radius 3 is 2.27 bits per heavy atom. The summed E-state index contributed by atoms with van der Waals surface area (Å²) in [4.78, 5) is 13.2. The van der Waals surface area contributed by atoms with Gasteiger partial charge < -0.3 is 5.32 Å². The lowest BCUT2D eigenvalue weighted by Gasteiger charge is -2.41. The van der Waals surface area contributed by atoms with Crippen LogP contribution in [0.2, 0.25) is 5.02 Å². The van der Waals surface area contributed by atoms with Gasteiger partial charge in [-0.25, -0.2) is 25.6 Å². The summed E-state index contributed by atoms with van der Waals surface area (Å²) in [6, 6.07) is 12.8. The van der Waals surface area contributed by atoms with E-state index >= 15 is 0 Å². The number of nitrogens with one attached hydrogen (secondary N) is 1. The minimum absolute atomic E-state index is 0.0244. The lowest BCUT2D eigenvalue weighted by atomic mass is 9.70. The molecule has 1 saturated heterocycles. The number of hydrogen-bond acceptors (Lipinski definition) is 5. The Morgan fingerprint density at radius 1 is 0.976 bits per heavy atom. The number of benzene rings is 3. The Kier molecular flexibility index (Phi) is 6.90. The fourth-order valence-electron chi connectivity index (χ4n) is 6.27. The van der Waals surface area contributed by atoms with Gasteiger partial charge >= 0.3 is 0 Å². The molecule has 3 aromatic carbocycles. The highest BCUT2D eigenvalue weighted by Gasteiger charge is 2.60. The summed E-state index contributed by atoms with van der Waals surface area (Å²) < 4.78 is 81.7. The lowest BCUT2D eigenvalue weighted by molar-refractivity contribution is 0.0950. The van der Waals surface area contributed by atoms with Crippen LogP contribution in [0.1, 0.15) is 47.2 Å². The van der Waals surface area contributed by atoms with Crippen molar-refractivity contribution < 1.29 is 30.4 Å². The highest BCUT2D eigenvalue weighted by Crippen LogP contribution is 2.59. The smallest absolute Gasteiger partial charge is 0.264 e. The number of rotatable bonds is 6. The van der Waals surface area contributed by atoms with E-state index in [-0.39, 0.29) is 52.3 Å². The summed E-state index contributed by atoms with van der Waals surface area (Å²) in [5.41, 5.74) is 1.05. The largest absolute Gasteiger partial charge is 0.348 e. The maximum absolute atomic E-state index is 14.1. The number of hydrogen-bond donors (Lipinski definition) is 1. The van der Waals surface area contributed by atoms with Crippen molar-refractivity contribution in [3.05, 3.63) is 94.0 Å². The van der Waals surface area contributed by atoms with Crippen molar-refractivity contribution in [2.75, 3.05) is 15.8 Å². The van der Waals surface area contributed by atoms with E-state index in [1.807, 2.05) is 0 Å². The SMILES string of the molecule is O=C(NCc1ccc(F)cc1Cl)c1ccc2c(c1)C1(CCS(=O)(=O)CC1)C(C1CC1)N2S(=O)(=O)c1ccc(F)cc1. The first-order chi connectivity index (χ1) is 19.4. The highest BCUT2D eigenvalue weighted by molar-refractivity contribution is 7.93. The van der Waals surface area contributed by atoms with Crippen LogP contribution in [0.5, 0.6) is 0 Å². The van der Waals surface area contributed by atoms with E-state index in [1.165, 1.54) is 34.6 Å². The number of sulfone groups is 1.